The fraction of sp³-hybridized carbons (Fsp3) is 0.316. The molecule has 0 saturated heterocycles. The summed E-state index contributed by atoms with van der Waals surface area (Å²) in [4.78, 5) is 20.4. The van der Waals surface area contributed by atoms with E-state index in [1.807, 2.05) is 0 Å². The van der Waals surface area contributed by atoms with E-state index >= 15 is 0 Å². The summed E-state index contributed by atoms with van der Waals surface area (Å²) in [5, 5.41) is 3.02. The normalized spacial score (nSPS) is 11.6. The first kappa shape index (κ1) is 21.4. The van der Waals surface area contributed by atoms with Crippen molar-refractivity contribution in [3.63, 3.8) is 0 Å². The molecule has 0 unspecified atom stereocenters. The van der Waals surface area contributed by atoms with Gasteiger partial charge in [0.2, 0.25) is 10.0 Å². The fourth-order valence-corrected chi connectivity index (χ4v) is 2.80. The van der Waals surface area contributed by atoms with Gasteiger partial charge in [0.15, 0.2) is 5.82 Å². The standard InChI is InChI=1S/C19H24N4O4S/c1-6-16-20-12-15(18(24)27-7-2)17(22-16)21-13-9-8-10-14(11-13)23-28(25,26)19(3,4)5/h6,8-12,23H,1,7H2,2-5H3,(H,20,21,22). The van der Waals surface area contributed by atoms with Gasteiger partial charge in [-0.3, -0.25) is 4.72 Å². The van der Waals surface area contributed by atoms with Crippen LogP contribution in [0.1, 0.15) is 43.9 Å². The van der Waals surface area contributed by atoms with Crippen molar-refractivity contribution in [2.45, 2.75) is 32.4 Å². The Kier molecular flexibility index (Phi) is 6.40. The molecule has 1 aromatic heterocycles. The first-order valence-electron chi connectivity index (χ1n) is 8.63. The number of anilines is 3. The number of ether oxygens (including phenoxy) is 1. The predicted octanol–water partition coefficient (Wildman–Crippen LogP) is 3.58. The second kappa shape index (κ2) is 8.39. The summed E-state index contributed by atoms with van der Waals surface area (Å²) in [7, 11) is -3.57. The third-order valence-corrected chi connectivity index (χ3v) is 5.79. The van der Waals surface area contributed by atoms with Crippen molar-refractivity contribution in [2.75, 3.05) is 16.6 Å². The van der Waals surface area contributed by atoms with Gasteiger partial charge in [-0.15, -0.1) is 0 Å². The first-order chi connectivity index (χ1) is 13.1. The number of carbonyl (C=O) groups is 1. The van der Waals surface area contributed by atoms with Gasteiger partial charge >= 0.3 is 5.97 Å². The molecule has 1 heterocycles. The zero-order valence-corrected chi connectivity index (χ0v) is 17.1. The molecule has 0 atom stereocenters. The van der Waals surface area contributed by atoms with Crippen LogP contribution in [-0.4, -0.2) is 35.7 Å². The third kappa shape index (κ3) is 5.07. The first-order valence-corrected chi connectivity index (χ1v) is 10.1. The number of carbonyl (C=O) groups excluding carboxylic acids is 1. The highest BCUT2D eigenvalue weighted by Gasteiger charge is 2.28. The summed E-state index contributed by atoms with van der Waals surface area (Å²) in [5.74, 6) is 0.00418. The van der Waals surface area contributed by atoms with Gasteiger partial charge in [-0.05, 0) is 52.0 Å². The molecular formula is C19H24N4O4S. The van der Waals surface area contributed by atoms with E-state index in [1.165, 1.54) is 12.3 Å². The molecule has 2 rings (SSSR count). The van der Waals surface area contributed by atoms with Crippen LogP contribution in [0.25, 0.3) is 6.08 Å². The maximum Gasteiger partial charge on any atom is 0.343 e. The van der Waals surface area contributed by atoms with Gasteiger partial charge in [0.25, 0.3) is 0 Å². The minimum atomic E-state index is -3.57. The summed E-state index contributed by atoms with van der Waals surface area (Å²) in [6.07, 6.45) is 2.81. The van der Waals surface area contributed by atoms with Gasteiger partial charge < -0.3 is 10.1 Å². The minimum Gasteiger partial charge on any atom is -0.462 e. The van der Waals surface area contributed by atoms with E-state index in [0.29, 0.717) is 17.2 Å². The van der Waals surface area contributed by atoms with Gasteiger partial charge in [0.1, 0.15) is 11.4 Å². The van der Waals surface area contributed by atoms with E-state index in [-0.39, 0.29) is 18.0 Å². The lowest BCUT2D eigenvalue weighted by Crippen LogP contribution is -2.33. The summed E-state index contributed by atoms with van der Waals surface area (Å²) < 4.78 is 31.4. The summed E-state index contributed by atoms with van der Waals surface area (Å²) in [5.41, 5.74) is 1.08. The molecule has 2 aromatic rings. The van der Waals surface area contributed by atoms with Crippen molar-refractivity contribution in [3.05, 3.63) is 48.4 Å². The average molecular weight is 404 g/mol. The molecular weight excluding hydrogens is 380 g/mol. The zero-order valence-electron chi connectivity index (χ0n) is 16.3. The number of rotatable bonds is 7. The highest BCUT2D eigenvalue weighted by molar-refractivity contribution is 7.94. The van der Waals surface area contributed by atoms with Crippen LogP contribution in [0.5, 0.6) is 0 Å². The third-order valence-electron chi connectivity index (χ3n) is 3.67. The lowest BCUT2D eigenvalue weighted by Gasteiger charge is -2.20. The Morgan fingerprint density at radius 2 is 1.96 bits per heavy atom. The smallest absolute Gasteiger partial charge is 0.343 e. The van der Waals surface area contributed by atoms with Gasteiger partial charge in [-0.2, -0.15) is 0 Å². The Morgan fingerprint density at radius 1 is 1.29 bits per heavy atom. The molecule has 1 aromatic carbocycles. The number of esters is 1. The number of aromatic nitrogens is 2. The molecule has 2 N–H and O–H groups in total. The number of sulfonamides is 1. The van der Waals surface area contributed by atoms with Crippen LogP contribution in [0.2, 0.25) is 0 Å². The molecule has 8 nitrogen and oxygen atoms in total. The highest BCUT2D eigenvalue weighted by Crippen LogP contribution is 2.25. The number of benzene rings is 1. The van der Waals surface area contributed by atoms with Crippen LogP contribution in [0.3, 0.4) is 0 Å². The van der Waals surface area contributed by atoms with Crippen LogP contribution in [0.4, 0.5) is 17.2 Å². The molecule has 0 spiro atoms. The predicted molar refractivity (Wildman–Crippen MR) is 110 cm³/mol. The molecule has 0 bridgehead atoms. The van der Waals surface area contributed by atoms with Crippen molar-refractivity contribution in [2.24, 2.45) is 0 Å². The van der Waals surface area contributed by atoms with Gasteiger partial charge in [0, 0.05) is 11.9 Å². The molecule has 0 aliphatic carbocycles. The maximum atomic E-state index is 12.4. The van der Waals surface area contributed by atoms with E-state index in [0.717, 1.165) is 0 Å². The van der Waals surface area contributed by atoms with Gasteiger partial charge in [-0.1, -0.05) is 12.6 Å². The molecule has 0 aliphatic heterocycles. The molecule has 0 radical (unpaired) electrons. The number of hydrogen-bond acceptors (Lipinski definition) is 7. The minimum absolute atomic E-state index is 0.160. The van der Waals surface area contributed by atoms with Crippen molar-refractivity contribution in [3.8, 4) is 0 Å². The molecule has 0 saturated carbocycles. The fourth-order valence-electron chi connectivity index (χ4n) is 2.05. The van der Waals surface area contributed by atoms with E-state index in [4.69, 9.17) is 4.74 Å². The molecule has 0 fully saturated rings. The van der Waals surface area contributed by atoms with Crippen LogP contribution in [0, 0.1) is 0 Å². The molecule has 28 heavy (non-hydrogen) atoms. The zero-order chi connectivity index (χ0) is 20.9. The van der Waals surface area contributed by atoms with Crippen molar-refractivity contribution in [1.29, 1.82) is 0 Å². The SMILES string of the molecule is C=Cc1ncc(C(=O)OCC)c(Nc2cccc(NS(=O)(=O)C(C)(C)C)c2)n1. The van der Waals surface area contributed by atoms with Crippen molar-refractivity contribution >= 4 is 39.3 Å². The van der Waals surface area contributed by atoms with Crippen LogP contribution in [-0.2, 0) is 14.8 Å². The Labute approximate surface area is 165 Å². The number of nitrogens with one attached hydrogen (secondary N) is 2. The molecule has 150 valence electrons. The van der Waals surface area contributed by atoms with Gasteiger partial charge in [-0.25, -0.2) is 23.2 Å². The Balaban J connectivity index is 2.36. The topological polar surface area (TPSA) is 110 Å². The van der Waals surface area contributed by atoms with Crippen LogP contribution in [0.15, 0.2) is 37.0 Å². The van der Waals surface area contributed by atoms with E-state index in [1.54, 1.807) is 52.0 Å². The number of hydrogen-bond donors (Lipinski definition) is 2. The Bertz CT molecular complexity index is 982. The van der Waals surface area contributed by atoms with Crippen LogP contribution < -0.4 is 10.0 Å². The van der Waals surface area contributed by atoms with Crippen molar-refractivity contribution < 1.29 is 17.9 Å². The second-order valence-corrected chi connectivity index (χ2v) is 9.27. The average Bonchev–Trinajstić information content (AvgIpc) is 2.60. The lowest BCUT2D eigenvalue weighted by atomic mass is 10.2. The molecule has 0 aliphatic rings. The monoisotopic (exact) mass is 404 g/mol. The van der Waals surface area contributed by atoms with E-state index in [9.17, 15) is 13.2 Å². The summed E-state index contributed by atoms with van der Waals surface area (Å²) in [6, 6.07) is 6.64. The quantitative estimate of drug-likeness (QED) is 0.679. The number of nitrogens with zero attached hydrogens (tertiary/aromatic N) is 2. The van der Waals surface area contributed by atoms with Gasteiger partial charge in [0.05, 0.1) is 17.0 Å². The van der Waals surface area contributed by atoms with Crippen LogP contribution >= 0.6 is 0 Å². The Morgan fingerprint density at radius 3 is 2.57 bits per heavy atom. The Hall–Kier alpha value is -2.94. The van der Waals surface area contributed by atoms with E-state index in [2.05, 4.69) is 26.6 Å². The largest absolute Gasteiger partial charge is 0.462 e. The maximum absolute atomic E-state index is 12.4. The summed E-state index contributed by atoms with van der Waals surface area (Å²) in [6.45, 7) is 10.4. The van der Waals surface area contributed by atoms with E-state index < -0.39 is 20.7 Å². The van der Waals surface area contributed by atoms with Crippen molar-refractivity contribution in [1.82, 2.24) is 9.97 Å². The second-order valence-electron chi connectivity index (χ2n) is 6.84. The molecule has 0 amide bonds. The summed E-state index contributed by atoms with van der Waals surface area (Å²) >= 11 is 0. The molecule has 9 heteroatoms. The lowest BCUT2D eigenvalue weighted by molar-refractivity contribution is 0.0526. The highest BCUT2D eigenvalue weighted by atomic mass is 32.2.